The van der Waals surface area contributed by atoms with E-state index in [1.807, 2.05) is 0 Å². The van der Waals surface area contributed by atoms with Crippen LogP contribution < -0.4 is 0 Å². The Morgan fingerprint density at radius 3 is 1.67 bits per heavy atom. The minimum absolute atomic E-state index is 0.173. The van der Waals surface area contributed by atoms with Crippen LogP contribution in [-0.4, -0.2) is 32.8 Å². The third-order valence-corrected chi connectivity index (χ3v) is 2.62. The Balaban J connectivity index is 3.54. The molecule has 0 aliphatic rings. The smallest absolute Gasteiger partial charge is 0.135 e. The van der Waals surface area contributed by atoms with Crippen LogP contribution in [0.3, 0.4) is 0 Å². The molecule has 0 saturated heterocycles. The van der Waals surface area contributed by atoms with Gasteiger partial charge in [-0.3, -0.25) is 0 Å². The molecule has 0 aromatic carbocycles. The van der Waals surface area contributed by atoms with Crippen molar-refractivity contribution < 1.29 is 19.5 Å². The monoisotopic (exact) mass is 220 g/mol. The van der Waals surface area contributed by atoms with Crippen LogP contribution in [0, 0.1) is 0 Å². The van der Waals surface area contributed by atoms with Gasteiger partial charge in [0.25, 0.3) is 0 Å². The first-order valence-electron chi connectivity index (χ1n) is 5.80. The van der Waals surface area contributed by atoms with E-state index in [0.29, 0.717) is 0 Å². The van der Waals surface area contributed by atoms with Gasteiger partial charge in [-0.25, -0.2) is 0 Å². The molecule has 92 valence electrons. The first kappa shape index (κ1) is 14.8. The van der Waals surface area contributed by atoms with Crippen molar-refractivity contribution in [3.63, 3.8) is 0 Å². The molecule has 0 rings (SSSR count). The summed E-state index contributed by atoms with van der Waals surface area (Å²) in [5.41, 5.74) is 0. The van der Waals surface area contributed by atoms with Crippen LogP contribution in [0.5, 0.6) is 0 Å². The van der Waals surface area contributed by atoms with E-state index in [1.165, 1.54) is 32.1 Å². The Kier molecular flexibility index (Phi) is 9.00. The molecule has 0 bridgehead atoms. The molecule has 0 saturated carbocycles. The van der Waals surface area contributed by atoms with E-state index in [-0.39, 0.29) is 4.97 Å². The van der Waals surface area contributed by atoms with E-state index in [9.17, 15) is 0 Å². The van der Waals surface area contributed by atoms with Crippen LogP contribution in [-0.2, 0) is 14.5 Å². The van der Waals surface area contributed by atoms with Gasteiger partial charge in [0.2, 0.25) is 0 Å². The van der Waals surface area contributed by atoms with Gasteiger partial charge < -0.3 is 0 Å². The minimum atomic E-state index is -0.173. The van der Waals surface area contributed by atoms with Crippen LogP contribution in [0.25, 0.3) is 0 Å². The predicted octanol–water partition coefficient (Wildman–Crippen LogP) is 2.85. The van der Waals surface area contributed by atoms with Crippen molar-refractivity contribution in [2.24, 2.45) is 0 Å². The first-order chi connectivity index (χ1) is 7.24. The molecular weight excluding hydrogens is 194 g/mol. The SMILES string of the molecule is CCCCCCCC[N+](OC)(OC)OC. The molecule has 0 aliphatic carbocycles. The van der Waals surface area contributed by atoms with Crippen LogP contribution in [0.15, 0.2) is 0 Å². The van der Waals surface area contributed by atoms with Crippen molar-refractivity contribution in [3.8, 4) is 0 Å². The Morgan fingerprint density at radius 2 is 1.20 bits per heavy atom. The number of hydrogen-bond acceptors (Lipinski definition) is 3. The van der Waals surface area contributed by atoms with E-state index in [1.54, 1.807) is 21.3 Å². The second-order valence-electron chi connectivity index (χ2n) is 3.65. The Labute approximate surface area is 93.6 Å². The van der Waals surface area contributed by atoms with E-state index in [2.05, 4.69) is 6.92 Å². The maximum Gasteiger partial charge on any atom is 0.178 e. The molecule has 0 N–H and O–H groups in total. The predicted molar refractivity (Wildman–Crippen MR) is 59.5 cm³/mol. The fourth-order valence-corrected chi connectivity index (χ4v) is 1.58. The quantitative estimate of drug-likeness (QED) is 0.322. The van der Waals surface area contributed by atoms with Crippen LogP contribution in [0.4, 0.5) is 0 Å². The van der Waals surface area contributed by atoms with E-state index in [4.69, 9.17) is 14.5 Å². The first-order valence-corrected chi connectivity index (χ1v) is 5.80. The maximum absolute atomic E-state index is 5.16. The van der Waals surface area contributed by atoms with Gasteiger partial charge in [0.1, 0.15) is 21.3 Å². The fourth-order valence-electron chi connectivity index (χ4n) is 1.58. The van der Waals surface area contributed by atoms with Crippen molar-refractivity contribution >= 4 is 0 Å². The summed E-state index contributed by atoms with van der Waals surface area (Å²) in [6.07, 6.45) is 7.48. The third-order valence-electron chi connectivity index (χ3n) is 2.62. The Hall–Kier alpha value is -0.160. The highest BCUT2D eigenvalue weighted by atomic mass is 17.2. The number of hydrogen-bond donors (Lipinski definition) is 0. The van der Waals surface area contributed by atoms with Crippen LogP contribution >= 0.6 is 0 Å². The van der Waals surface area contributed by atoms with Crippen molar-refractivity contribution in [3.05, 3.63) is 0 Å². The highest BCUT2D eigenvalue weighted by molar-refractivity contribution is 4.41. The lowest BCUT2D eigenvalue weighted by atomic mass is 10.1. The number of quaternary nitrogens is 1. The Morgan fingerprint density at radius 1 is 0.733 bits per heavy atom. The molecule has 0 spiro atoms. The molecule has 0 aromatic rings. The zero-order chi connectivity index (χ0) is 11.6. The second kappa shape index (κ2) is 9.09. The number of unbranched alkanes of at least 4 members (excludes halogenated alkanes) is 5. The molecule has 4 nitrogen and oxygen atoms in total. The number of hydroxylamine groups is 3. The molecular formula is C11H26NO3+. The minimum Gasteiger partial charge on any atom is -0.135 e. The van der Waals surface area contributed by atoms with Gasteiger partial charge in [-0.2, -0.15) is 0 Å². The van der Waals surface area contributed by atoms with Gasteiger partial charge in [0, 0.05) is 6.42 Å². The van der Waals surface area contributed by atoms with Gasteiger partial charge >= 0.3 is 0 Å². The average molecular weight is 220 g/mol. The van der Waals surface area contributed by atoms with Gasteiger partial charge in [-0.1, -0.05) is 32.6 Å². The zero-order valence-electron chi connectivity index (χ0n) is 10.6. The fraction of sp³-hybridized carbons (Fsp3) is 1.00. The van der Waals surface area contributed by atoms with Crippen LogP contribution in [0.2, 0.25) is 0 Å². The normalized spacial score (nSPS) is 12.0. The average Bonchev–Trinajstić information content (AvgIpc) is 2.29. The molecule has 0 amide bonds. The molecule has 0 atom stereocenters. The van der Waals surface area contributed by atoms with Gasteiger partial charge in [-0.15, -0.1) is 14.5 Å². The van der Waals surface area contributed by atoms with Gasteiger partial charge in [-0.05, 0) is 6.42 Å². The van der Waals surface area contributed by atoms with Crippen molar-refractivity contribution in [1.29, 1.82) is 0 Å². The molecule has 0 radical (unpaired) electrons. The van der Waals surface area contributed by atoms with E-state index >= 15 is 0 Å². The van der Waals surface area contributed by atoms with Crippen molar-refractivity contribution in [2.45, 2.75) is 45.4 Å². The van der Waals surface area contributed by atoms with Crippen molar-refractivity contribution in [2.75, 3.05) is 27.9 Å². The third kappa shape index (κ3) is 6.10. The van der Waals surface area contributed by atoms with Crippen LogP contribution in [0.1, 0.15) is 45.4 Å². The summed E-state index contributed by atoms with van der Waals surface area (Å²) in [4.78, 5) is 15.3. The zero-order valence-corrected chi connectivity index (χ0v) is 10.6. The second-order valence-corrected chi connectivity index (χ2v) is 3.65. The summed E-state index contributed by atoms with van der Waals surface area (Å²) in [6, 6.07) is 0. The molecule has 0 aromatic heterocycles. The molecule has 0 heterocycles. The summed E-state index contributed by atoms with van der Waals surface area (Å²) in [6.45, 7) is 2.96. The summed E-state index contributed by atoms with van der Waals surface area (Å²) in [5.74, 6) is 0. The number of rotatable bonds is 10. The highest BCUT2D eigenvalue weighted by Crippen LogP contribution is 2.12. The summed E-state index contributed by atoms with van der Waals surface area (Å²) in [7, 11) is 4.76. The van der Waals surface area contributed by atoms with E-state index in [0.717, 1.165) is 13.0 Å². The Bertz CT molecular complexity index is 130. The summed E-state index contributed by atoms with van der Waals surface area (Å²) < 4.78 is 0. The largest absolute Gasteiger partial charge is 0.178 e. The van der Waals surface area contributed by atoms with Gasteiger partial charge in [0.15, 0.2) is 6.54 Å². The topological polar surface area (TPSA) is 27.7 Å². The molecule has 0 fully saturated rings. The van der Waals surface area contributed by atoms with E-state index < -0.39 is 0 Å². The number of nitrogens with zero attached hydrogens (tertiary/aromatic N) is 1. The molecule has 15 heavy (non-hydrogen) atoms. The lowest BCUT2D eigenvalue weighted by molar-refractivity contribution is -1.36. The lowest BCUT2D eigenvalue weighted by Crippen LogP contribution is -2.45. The maximum atomic E-state index is 5.16. The summed E-state index contributed by atoms with van der Waals surface area (Å²) in [5, 5.41) is 0. The standard InChI is InChI=1S/C11H26NO3/c1-5-6-7-8-9-10-11-12(13-2,14-3)15-4/h5-11H2,1-4H3/q+1. The van der Waals surface area contributed by atoms with Gasteiger partial charge in [0.05, 0.1) is 4.97 Å². The highest BCUT2D eigenvalue weighted by Gasteiger charge is 2.29. The summed E-state index contributed by atoms with van der Waals surface area (Å²) >= 11 is 0. The lowest BCUT2D eigenvalue weighted by Gasteiger charge is -2.24. The molecule has 0 unspecified atom stereocenters. The molecule has 4 heteroatoms. The molecule has 0 aliphatic heterocycles. The van der Waals surface area contributed by atoms with Crippen molar-refractivity contribution in [1.82, 2.24) is 0 Å².